The first-order valence-electron chi connectivity index (χ1n) is 5.26. The highest BCUT2D eigenvalue weighted by molar-refractivity contribution is 7.11. The summed E-state index contributed by atoms with van der Waals surface area (Å²) in [5.41, 5.74) is 1.12. The van der Waals surface area contributed by atoms with Crippen molar-refractivity contribution in [3.63, 3.8) is 0 Å². The van der Waals surface area contributed by atoms with Crippen LogP contribution in [0.15, 0.2) is 24.4 Å². The molecule has 7 heteroatoms. The zero-order chi connectivity index (χ0) is 14.2. The van der Waals surface area contributed by atoms with Gasteiger partial charge in [0.1, 0.15) is 6.10 Å². The Morgan fingerprint density at radius 2 is 2.05 bits per heavy atom. The number of alkyl halides is 3. The number of rotatable bonds is 2. The van der Waals surface area contributed by atoms with Crippen molar-refractivity contribution >= 4 is 22.9 Å². The molecule has 0 bridgehead atoms. The molecule has 0 amide bonds. The highest BCUT2D eigenvalue weighted by Gasteiger charge is 2.35. The lowest BCUT2D eigenvalue weighted by Crippen LogP contribution is -2.03. The van der Waals surface area contributed by atoms with Crippen molar-refractivity contribution in [2.45, 2.75) is 19.2 Å². The number of hydrogen-bond donors (Lipinski definition) is 1. The van der Waals surface area contributed by atoms with Crippen LogP contribution in [0.4, 0.5) is 13.2 Å². The van der Waals surface area contributed by atoms with Gasteiger partial charge in [0.2, 0.25) is 0 Å². The van der Waals surface area contributed by atoms with Crippen LogP contribution < -0.4 is 0 Å². The summed E-state index contributed by atoms with van der Waals surface area (Å²) in [4.78, 5) is 3.39. The van der Waals surface area contributed by atoms with Gasteiger partial charge in [-0.25, -0.2) is 4.98 Å². The molecule has 1 aromatic heterocycles. The molecular weight excluding hydrogens is 299 g/mol. The fraction of sp³-hybridized carbons (Fsp3) is 0.250. The van der Waals surface area contributed by atoms with Crippen molar-refractivity contribution in [3.8, 4) is 0 Å². The van der Waals surface area contributed by atoms with Crippen molar-refractivity contribution in [2.75, 3.05) is 0 Å². The zero-order valence-corrected chi connectivity index (χ0v) is 11.3. The van der Waals surface area contributed by atoms with E-state index in [1.807, 2.05) is 0 Å². The number of halogens is 4. The summed E-state index contributed by atoms with van der Waals surface area (Å²) in [6.45, 7) is 1.76. The predicted molar refractivity (Wildman–Crippen MR) is 67.4 cm³/mol. The van der Waals surface area contributed by atoms with Gasteiger partial charge in [0.15, 0.2) is 5.01 Å². The summed E-state index contributed by atoms with van der Waals surface area (Å²) >= 11 is 6.45. The minimum Gasteiger partial charge on any atom is -0.383 e. The molecule has 0 aliphatic carbocycles. The lowest BCUT2D eigenvalue weighted by molar-refractivity contribution is -0.137. The minimum absolute atomic E-state index is 0.111. The largest absolute Gasteiger partial charge is 0.443 e. The zero-order valence-electron chi connectivity index (χ0n) is 9.70. The molecular formula is C12H9ClF3NOS. The Kier molecular flexibility index (Phi) is 3.85. The van der Waals surface area contributed by atoms with Crippen LogP contribution in [0.2, 0.25) is 5.02 Å². The summed E-state index contributed by atoms with van der Waals surface area (Å²) in [6, 6.07) is 5.02. The molecule has 0 aliphatic heterocycles. The summed E-state index contributed by atoms with van der Waals surface area (Å²) in [5.74, 6) is 0. The Hall–Kier alpha value is -1.11. The van der Waals surface area contributed by atoms with Crippen molar-refractivity contribution in [3.05, 3.63) is 50.4 Å². The number of aromatic nitrogens is 1. The third-order valence-electron chi connectivity index (χ3n) is 2.55. The van der Waals surface area contributed by atoms with Crippen LogP contribution in [0.1, 0.15) is 27.1 Å². The molecule has 102 valence electrons. The van der Waals surface area contributed by atoms with E-state index in [0.717, 1.165) is 11.8 Å². The van der Waals surface area contributed by atoms with Gasteiger partial charge < -0.3 is 5.11 Å². The van der Waals surface area contributed by atoms with Gasteiger partial charge in [0.25, 0.3) is 0 Å². The number of hydrogen-bond acceptors (Lipinski definition) is 3. The SMILES string of the molecule is Cc1cccc(C(O)c2cnc(C(F)(F)F)s2)c1Cl. The van der Waals surface area contributed by atoms with E-state index in [1.165, 1.54) is 0 Å². The van der Waals surface area contributed by atoms with Crippen LogP contribution in [0.25, 0.3) is 0 Å². The van der Waals surface area contributed by atoms with Crippen LogP contribution in [0.3, 0.4) is 0 Å². The molecule has 0 spiro atoms. The smallest absolute Gasteiger partial charge is 0.383 e. The number of benzene rings is 1. The maximum atomic E-state index is 12.5. The fourth-order valence-corrected chi connectivity index (χ4v) is 2.60. The van der Waals surface area contributed by atoms with Gasteiger partial charge in [-0.1, -0.05) is 29.8 Å². The number of aryl methyl sites for hydroxylation is 1. The average molecular weight is 308 g/mol. The van der Waals surface area contributed by atoms with E-state index < -0.39 is 17.3 Å². The average Bonchev–Trinajstić information content (AvgIpc) is 2.81. The molecule has 2 nitrogen and oxygen atoms in total. The van der Waals surface area contributed by atoms with Crippen LogP contribution in [-0.4, -0.2) is 10.1 Å². The normalized spacial score (nSPS) is 13.6. The molecule has 2 aromatic rings. The van der Waals surface area contributed by atoms with Crippen molar-refractivity contribution in [1.29, 1.82) is 0 Å². The first-order valence-corrected chi connectivity index (χ1v) is 6.46. The molecule has 0 radical (unpaired) electrons. The number of nitrogens with zero attached hydrogens (tertiary/aromatic N) is 1. The molecule has 1 unspecified atom stereocenters. The van der Waals surface area contributed by atoms with Crippen LogP contribution in [-0.2, 0) is 6.18 Å². The standard InChI is InChI=1S/C12H9ClF3NOS/c1-6-3-2-4-7(9(6)13)10(18)8-5-17-11(19-8)12(14,15)16/h2-5,10,18H,1H3. The van der Waals surface area contributed by atoms with Crippen molar-refractivity contribution in [2.24, 2.45) is 0 Å². The Morgan fingerprint density at radius 3 is 2.63 bits per heavy atom. The first-order chi connectivity index (χ1) is 8.80. The van der Waals surface area contributed by atoms with Gasteiger partial charge in [-0.05, 0) is 12.5 Å². The third-order valence-corrected chi connectivity index (χ3v) is 4.16. The summed E-state index contributed by atoms with van der Waals surface area (Å²) in [6.07, 6.45) is -4.68. The Labute approximate surface area is 116 Å². The maximum Gasteiger partial charge on any atom is 0.443 e. The molecule has 0 saturated carbocycles. The predicted octanol–water partition coefficient (Wildman–Crippen LogP) is 4.21. The monoisotopic (exact) mass is 307 g/mol. The molecule has 0 aliphatic rings. The van der Waals surface area contributed by atoms with E-state index in [0.29, 0.717) is 21.9 Å². The topological polar surface area (TPSA) is 33.1 Å². The number of aliphatic hydroxyl groups is 1. The Morgan fingerprint density at radius 1 is 1.37 bits per heavy atom. The fourth-order valence-electron chi connectivity index (χ4n) is 1.58. The third kappa shape index (κ3) is 2.91. The van der Waals surface area contributed by atoms with Gasteiger partial charge in [-0.2, -0.15) is 13.2 Å². The highest BCUT2D eigenvalue weighted by Crippen LogP contribution is 2.37. The molecule has 1 N–H and O–H groups in total. The van der Waals surface area contributed by atoms with Crippen LogP contribution >= 0.6 is 22.9 Å². The quantitative estimate of drug-likeness (QED) is 0.901. The lowest BCUT2D eigenvalue weighted by atomic mass is 10.1. The van der Waals surface area contributed by atoms with Gasteiger partial charge in [-0.3, -0.25) is 0 Å². The van der Waals surface area contributed by atoms with E-state index in [2.05, 4.69) is 4.98 Å². The Balaban J connectivity index is 2.37. The molecule has 0 fully saturated rings. The van der Waals surface area contributed by atoms with E-state index in [1.54, 1.807) is 25.1 Å². The molecule has 1 atom stereocenters. The van der Waals surface area contributed by atoms with Gasteiger partial charge in [0, 0.05) is 16.8 Å². The second-order valence-corrected chi connectivity index (χ2v) is 5.39. The molecule has 2 rings (SSSR count). The lowest BCUT2D eigenvalue weighted by Gasteiger charge is -2.12. The van der Waals surface area contributed by atoms with Gasteiger partial charge >= 0.3 is 6.18 Å². The van der Waals surface area contributed by atoms with E-state index in [4.69, 9.17) is 11.6 Å². The number of aliphatic hydroxyl groups excluding tert-OH is 1. The van der Waals surface area contributed by atoms with Crippen molar-refractivity contribution < 1.29 is 18.3 Å². The summed E-state index contributed by atoms with van der Waals surface area (Å²) in [5, 5.41) is 9.46. The maximum absolute atomic E-state index is 12.5. The number of thiazole rings is 1. The van der Waals surface area contributed by atoms with E-state index in [9.17, 15) is 18.3 Å². The minimum atomic E-state index is -4.50. The molecule has 1 aromatic carbocycles. The highest BCUT2D eigenvalue weighted by atomic mass is 35.5. The van der Waals surface area contributed by atoms with Gasteiger partial charge in [0.05, 0.1) is 4.88 Å². The van der Waals surface area contributed by atoms with E-state index in [-0.39, 0.29) is 4.88 Å². The van der Waals surface area contributed by atoms with Crippen LogP contribution in [0.5, 0.6) is 0 Å². The summed E-state index contributed by atoms with van der Waals surface area (Å²) in [7, 11) is 0. The van der Waals surface area contributed by atoms with Crippen molar-refractivity contribution in [1.82, 2.24) is 4.98 Å². The Bertz CT molecular complexity index is 597. The molecule has 19 heavy (non-hydrogen) atoms. The first kappa shape index (κ1) is 14.3. The molecule has 0 saturated heterocycles. The molecule has 1 heterocycles. The second-order valence-electron chi connectivity index (χ2n) is 3.95. The van der Waals surface area contributed by atoms with E-state index >= 15 is 0 Å². The second kappa shape index (κ2) is 5.11. The summed E-state index contributed by atoms with van der Waals surface area (Å²) < 4.78 is 37.4. The van der Waals surface area contributed by atoms with Crippen LogP contribution in [0, 0.1) is 6.92 Å². The van der Waals surface area contributed by atoms with Gasteiger partial charge in [-0.15, -0.1) is 11.3 Å².